The first-order chi connectivity index (χ1) is 4.93. The summed E-state index contributed by atoms with van der Waals surface area (Å²) in [7, 11) is 0. The van der Waals surface area contributed by atoms with Gasteiger partial charge in [0.05, 0.1) is 17.6 Å². The molecule has 0 amide bonds. The van der Waals surface area contributed by atoms with Crippen LogP contribution >= 0.6 is 0 Å². The second-order valence-corrected chi connectivity index (χ2v) is 1.82. The molecule has 0 atom stereocenters. The smallest absolute Gasteiger partial charge is 0.259 e. The molecule has 1 rings (SSSR count). The zero-order chi connectivity index (χ0) is 7.23. The summed E-state index contributed by atoms with van der Waals surface area (Å²) in [5.41, 5.74) is 0.903. The molecule has 0 saturated carbocycles. The summed E-state index contributed by atoms with van der Waals surface area (Å²) in [4.78, 5) is 4.01. The topological polar surface area (TPSA) is 46.7 Å². The summed E-state index contributed by atoms with van der Waals surface area (Å²) in [6.45, 7) is 0. The third-order valence-electron chi connectivity index (χ3n) is 1.11. The molecule has 3 nitrogen and oxygen atoms in total. The lowest BCUT2D eigenvalue weighted by Crippen LogP contribution is -3.00. The van der Waals surface area contributed by atoms with E-state index >= 15 is 0 Å². The average molecular weight is 172 g/mol. The van der Waals surface area contributed by atoms with Gasteiger partial charge in [-0.15, -0.1) is 5.16 Å². The van der Waals surface area contributed by atoms with Crippen LogP contribution in [0.15, 0.2) is 29.1 Å². The van der Waals surface area contributed by atoms with Gasteiger partial charge in [0.15, 0.2) is 0 Å². The molecule has 1 radical (unpaired) electrons. The minimum absolute atomic E-state index is 0. The molecular formula is C7H8ClN2O. The van der Waals surface area contributed by atoms with Crippen LogP contribution in [0.3, 0.4) is 0 Å². The predicted octanol–water partition coefficient (Wildman–Crippen LogP) is -2.30. The van der Waals surface area contributed by atoms with Crippen LogP contribution in [0.2, 0.25) is 0 Å². The molecule has 1 aliphatic rings. The van der Waals surface area contributed by atoms with Crippen molar-refractivity contribution in [1.29, 1.82) is 0 Å². The molecule has 0 aliphatic carbocycles. The molecule has 11 heavy (non-hydrogen) atoms. The summed E-state index contributed by atoms with van der Waals surface area (Å²) in [5.74, 6) is 0. The van der Waals surface area contributed by atoms with Crippen LogP contribution in [0.1, 0.15) is 6.42 Å². The highest BCUT2D eigenvalue weighted by atomic mass is 35.5. The maximum absolute atomic E-state index is 8.07. The van der Waals surface area contributed by atoms with Gasteiger partial charge >= 0.3 is 0 Å². The van der Waals surface area contributed by atoms with Gasteiger partial charge in [0, 0.05) is 12.2 Å². The molecule has 4 heteroatoms. The highest BCUT2D eigenvalue weighted by Crippen LogP contribution is 1.96. The van der Waals surface area contributed by atoms with E-state index in [2.05, 4.69) is 10.1 Å². The molecule has 1 N–H and O–H groups in total. The lowest BCUT2D eigenvalue weighted by atomic mass is 10.3. The zero-order valence-corrected chi connectivity index (χ0v) is 6.57. The van der Waals surface area contributed by atoms with E-state index in [9.17, 15) is 0 Å². The van der Waals surface area contributed by atoms with Crippen LogP contribution in [-0.4, -0.2) is 17.6 Å². The van der Waals surface area contributed by atoms with Crippen LogP contribution in [0.5, 0.6) is 0 Å². The van der Waals surface area contributed by atoms with Gasteiger partial charge in [-0.25, -0.2) is 0 Å². The summed E-state index contributed by atoms with van der Waals surface area (Å²) in [5, 5.41) is 10.9. The van der Waals surface area contributed by atoms with Gasteiger partial charge < -0.3 is 17.6 Å². The maximum atomic E-state index is 8.07. The molecule has 1 aliphatic heterocycles. The van der Waals surface area contributed by atoms with Crippen molar-refractivity contribution < 1.29 is 17.6 Å². The molecule has 0 aromatic rings. The fraction of sp³-hybridized carbons (Fsp3) is 0.143. The highest BCUT2D eigenvalue weighted by Gasteiger charge is 2.04. The Labute approximate surface area is 71.2 Å². The monoisotopic (exact) mass is 171 g/mol. The van der Waals surface area contributed by atoms with E-state index in [-0.39, 0.29) is 12.4 Å². The number of aliphatic imine (C=N–C) groups is 1. The molecule has 59 valence electrons. The van der Waals surface area contributed by atoms with Gasteiger partial charge in [0.1, 0.15) is 0 Å². The number of halogens is 1. The van der Waals surface area contributed by atoms with E-state index in [4.69, 9.17) is 5.21 Å². The average Bonchev–Trinajstić information content (AvgIpc) is 2.03. The van der Waals surface area contributed by atoms with Gasteiger partial charge in [-0.3, -0.25) is 0 Å². The van der Waals surface area contributed by atoms with Crippen molar-refractivity contribution in [2.45, 2.75) is 6.42 Å². The highest BCUT2D eigenvalue weighted by molar-refractivity contribution is 5.74. The van der Waals surface area contributed by atoms with Crippen molar-refractivity contribution in [1.82, 2.24) is 4.99 Å². The fourth-order valence-corrected chi connectivity index (χ4v) is 0.653. The lowest BCUT2D eigenvalue weighted by molar-refractivity contribution is -0.00000293. The van der Waals surface area contributed by atoms with Crippen molar-refractivity contribution in [3.05, 3.63) is 23.9 Å². The van der Waals surface area contributed by atoms with E-state index < -0.39 is 0 Å². The Kier molecular flexibility index (Phi) is 5.11. The van der Waals surface area contributed by atoms with Crippen molar-refractivity contribution in [3.63, 3.8) is 0 Å². The number of hydrogen-bond acceptors (Lipinski definition) is 3. The van der Waals surface area contributed by atoms with Crippen LogP contribution in [0, 0.1) is 0 Å². The molecule has 0 aromatic heterocycles. The second kappa shape index (κ2) is 5.68. The summed E-state index contributed by atoms with van der Waals surface area (Å²) in [6.07, 6.45) is 9.31. The molecule has 1 heterocycles. The number of allylic oxidation sites excluding steroid dienone is 4. The van der Waals surface area contributed by atoms with Crippen LogP contribution < -0.4 is 17.4 Å². The Balaban J connectivity index is 0.000001000. The Hall–Kier alpha value is -1.09. The largest absolute Gasteiger partial charge is 1.00 e. The number of hydrogen-bond donors (Lipinski definition) is 1. The zero-order valence-electron chi connectivity index (χ0n) is 5.81. The van der Waals surface area contributed by atoms with E-state index in [1.165, 1.54) is 6.21 Å². The van der Waals surface area contributed by atoms with Gasteiger partial charge in [-0.05, 0) is 6.08 Å². The molecule has 0 bridgehead atoms. The van der Waals surface area contributed by atoms with E-state index in [1.807, 2.05) is 18.2 Å². The van der Waals surface area contributed by atoms with Gasteiger partial charge in [-0.2, -0.15) is 0 Å². The van der Waals surface area contributed by atoms with Crippen molar-refractivity contribution in [2.24, 2.45) is 5.16 Å². The third kappa shape index (κ3) is 3.57. The SMILES string of the molecule is ON=CCC1=CC=CC=[N+]1.[Cl-]. The fourth-order valence-electron chi connectivity index (χ4n) is 0.653. The van der Waals surface area contributed by atoms with E-state index in [0.29, 0.717) is 6.42 Å². The van der Waals surface area contributed by atoms with E-state index in [1.54, 1.807) is 6.21 Å². The standard InChI is InChI=1S/C7H8N2O.ClH/c10-9-6-4-7-3-1-2-5-8-7;/h1-3,5-6,10H,4H2;1H/q+1;/p-1. The number of oxime groups is 1. The molecular weight excluding hydrogens is 164 g/mol. The minimum Gasteiger partial charge on any atom is -1.00 e. The first-order valence-electron chi connectivity index (χ1n) is 2.99. The van der Waals surface area contributed by atoms with Gasteiger partial charge in [0.2, 0.25) is 6.21 Å². The predicted molar refractivity (Wildman–Crippen MR) is 40.3 cm³/mol. The van der Waals surface area contributed by atoms with Crippen LogP contribution in [-0.2, 0) is 0 Å². The normalized spacial score (nSPS) is 14.7. The first kappa shape index (κ1) is 9.91. The molecule has 0 unspecified atom stereocenters. The van der Waals surface area contributed by atoms with E-state index in [0.717, 1.165) is 5.70 Å². The van der Waals surface area contributed by atoms with Crippen LogP contribution in [0.25, 0.3) is 0 Å². The Morgan fingerprint density at radius 3 is 2.91 bits per heavy atom. The summed E-state index contributed by atoms with van der Waals surface area (Å²) in [6, 6.07) is 0. The Bertz CT molecular complexity index is 218. The van der Waals surface area contributed by atoms with Crippen molar-refractivity contribution in [3.8, 4) is 0 Å². The molecule has 0 saturated heterocycles. The van der Waals surface area contributed by atoms with Crippen molar-refractivity contribution >= 4 is 12.4 Å². The molecule has 0 fully saturated rings. The third-order valence-corrected chi connectivity index (χ3v) is 1.11. The number of rotatable bonds is 2. The maximum Gasteiger partial charge on any atom is 0.259 e. The van der Waals surface area contributed by atoms with Gasteiger partial charge in [0.25, 0.3) is 5.70 Å². The number of nitrogens with zero attached hydrogens (tertiary/aromatic N) is 2. The Morgan fingerprint density at radius 1 is 1.55 bits per heavy atom. The quantitative estimate of drug-likeness (QED) is 0.284. The summed E-state index contributed by atoms with van der Waals surface area (Å²) < 4.78 is 0. The Morgan fingerprint density at radius 2 is 2.36 bits per heavy atom. The molecule has 0 spiro atoms. The lowest BCUT2D eigenvalue weighted by Gasteiger charge is -1.82. The van der Waals surface area contributed by atoms with Crippen molar-refractivity contribution in [2.75, 3.05) is 0 Å². The summed E-state index contributed by atoms with van der Waals surface area (Å²) >= 11 is 0. The van der Waals surface area contributed by atoms with Crippen LogP contribution in [0.4, 0.5) is 0 Å². The first-order valence-corrected chi connectivity index (χ1v) is 2.99. The second-order valence-electron chi connectivity index (χ2n) is 1.82. The molecule has 0 aromatic carbocycles. The minimum atomic E-state index is 0. The van der Waals surface area contributed by atoms with Gasteiger partial charge in [-0.1, -0.05) is 0 Å².